The first-order valence-corrected chi connectivity index (χ1v) is 4.67. The van der Waals surface area contributed by atoms with E-state index in [1.165, 1.54) is 0 Å². The molecule has 0 fully saturated rings. The Balaban J connectivity index is 2.62. The lowest BCUT2D eigenvalue weighted by atomic mass is 10.2. The minimum Gasteiger partial charge on any atom is -0.480 e. The number of hydrogen-bond acceptors (Lipinski definition) is 4. The predicted octanol–water partition coefficient (Wildman–Crippen LogP) is -0.0747. The summed E-state index contributed by atoms with van der Waals surface area (Å²) in [5.41, 5.74) is 6.41. The second-order valence-electron chi connectivity index (χ2n) is 3.36. The van der Waals surface area contributed by atoms with Gasteiger partial charge in [-0.3, -0.25) is 14.7 Å². The number of likely N-dealkylation sites (N-methyl/N-ethyl adjacent to an activating group) is 1. The summed E-state index contributed by atoms with van der Waals surface area (Å²) in [6, 6.07) is 3.07. The summed E-state index contributed by atoms with van der Waals surface area (Å²) < 4.78 is 0. The van der Waals surface area contributed by atoms with Crippen molar-refractivity contribution in [1.29, 1.82) is 0 Å². The Morgan fingerprint density at radius 2 is 2.20 bits per heavy atom. The molecule has 1 atom stereocenters. The number of aliphatic carboxylic acids is 1. The van der Waals surface area contributed by atoms with E-state index in [0.717, 1.165) is 5.56 Å². The van der Waals surface area contributed by atoms with Crippen molar-refractivity contribution in [1.82, 2.24) is 9.88 Å². The summed E-state index contributed by atoms with van der Waals surface area (Å²) in [5, 5.41) is 8.89. The van der Waals surface area contributed by atoms with Crippen molar-refractivity contribution in [3.8, 4) is 0 Å². The van der Waals surface area contributed by atoms with Crippen LogP contribution in [-0.2, 0) is 11.3 Å². The first kappa shape index (κ1) is 11.6. The third-order valence-electron chi connectivity index (χ3n) is 2.22. The molecule has 0 radical (unpaired) electrons. The van der Waals surface area contributed by atoms with Gasteiger partial charge in [0.1, 0.15) is 6.04 Å². The number of aromatic nitrogens is 1. The Labute approximate surface area is 88.5 Å². The summed E-state index contributed by atoms with van der Waals surface area (Å²) >= 11 is 0. The zero-order valence-electron chi connectivity index (χ0n) is 8.63. The molecule has 1 unspecified atom stereocenters. The van der Waals surface area contributed by atoms with E-state index in [4.69, 9.17) is 10.8 Å². The zero-order valence-corrected chi connectivity index (χ0v) is 8.63. The molecule has 1 rings (SSSR count). The van der Waals surface area contributed by atoms with Gasteiger partial charge in [0.05, 0.1) is 0 Å². The van der Waals surface area contributed by atoms with E-state index in [1.54, 1.807) is 24.3 Å². The average Bonchev–Trinajstić information content (AvgIpc) is 2.19. The largest absolute Gasteiger partial charge is 0.480 e. The number of carboxylic acid groups (broad SMARTS) is 1. The summed E-state index contributed by atoms with van der Waals surface area (Å²) in [5.74, 6) is -0.894. The van der Waals surface area contributed by atoms with E-state index in [2.05, 4.69) is 4.98 Å². The maximum atomic E-state index is 10.8. The molecule has 0 aliphatic heterocycles. The maximum absolute atomic E-state index is 10.8. The molecule has 1 aromatic heterocycles. The first-order valence-electron chi connectivity index (χ1n) is 4.67. The van der Waals surface area contributed by atoms with E-state index in [0.29, 0.717) is 6.54 Å². The van der Waals surface area contributed by atoms with Gasteiger partial charge in [0.2, 0.25) is 0 Å². The molecule has 3 N–H and O–H groups in total. The number of rotatable bonds is 5. The van der Waals surface area contributed by atoms with Crippen molar-refractivity contribution in [3.05, 3.63) is 30.1 Å². The minimum atomic E-state index is -0.894. The minimum absolute atomic E-state index is 0.108. The fourth-order valence-electron chi connectivity index (χ4n) is 1.36. The Morgan fingerprint density at radius 1 is 1.60 bits per heavy atom. The molecule has 0 aromatic carbocycles. The van der Waals surface area contributed by atoms with Crippen LogP contribution in [0.3, 0.4) is 0 Å². The van der Waals surface area contributed by atoms with Crippen molar-refractivity contribution in [3.63, 3.8) is 0 Å². The van der Waals surface area contributed by atoms with E-state index in [9.17, 15) is 4.79 Å². The van der Waals surface area contributed by atoms with Crippen LogP contribution in [0.1, 0.15) is 5.56 Å². The predicted molar refractivity (Wildman–Crippen MR) is 56.2 cm³/mol. The number of nitrogens with zero attached hydrogens (tertiary/aromatic N) is 2. The summed E-state index contributed by atoms with van der Waals surface area (Å²) in [4.78, 5) is 16.4. The van der Waals surface area contributed by atoms with Crippen LogP contribution in [0.15, 0.2) is 24.5 Å². The Hall–Kier alpha value is -1.46. The van der Waals surface area contributed by atoms with Crippen LogP contribution < -0.4 is 5.73 Å². The third kappa shape index (κ3) is 3.30. The fraction of sp³-hybridized carbons (Fsp3) is 0.400. The van der Waals surface area contributed by atoms with E-state index in [-0.39, 0.29) is 6.54 Å². The molecule has 5 heteroatoms. The smallest absolute Gasteiger partial charge is 0.322 e. The molecule has 0 amide bonds. The normalized spacial score (nSPS) is 12.7. The highest BCUT2D eigenvalue weighted by atomic mass is 16.4. The summed E-state index contributed by atoms with van der Waals surface area (Å²) in [7, 11) is 1.74. The second-order valence-corrected chi connectivity index (χ2v) is 3.36. The highest BCUT2D eigenvalue weighted by Crippen LogP contribution is 2.04. The van der Waals surface area contributed by atoms with Gasteiger partial charge in [-0.2, -0.15) is 0 Å². The van der Waals surface area contributed by atoms with Gasteiger partial charge in [-0.05, 0) is 24.7 Å². The maximum Gasteiger partial charge on any atom is 0.322 e. The lowest BCUT2D eigenvalue weighted by Gasteiger charge is -2.23. The van der Waals surface area contributed by atoms with Crippen LogP contribution in [0.5, 0.6) is 0 Å². The highest BCUT2D eigenvalue weighted by Gasteiger charge is 2.20. The molecular formula is C10H15N3O2. The molecule has 1 aromatic rings. The van der Waals surface area contributed by atoms with Crippen molar-refractivity contribution >= 4 is 5.97 Å². The molecule has 0 saturated carbocycles. The van der Waals surface area contributed by atoms with Crippen LogP contribution in [0.2, 0.25) is 0 Å². The van der Waals surface area contributed by atoms with Gasteiger partial charge in [-0.25, -0.2) is 0 Å². The second kappa shape index (κ2) is 5.43. The van der Waals surface area contributed by atoms with E-state index in [1.807, 2.05) is 12.1 Å². The highest BCUT2D eigenvalue weighted by molar-refractivity contribution is 5.73. The number of nitrogens with two attached hydrogens (primary N) is 1. The summed E-state index contributed by atoms with van der Waals surface area (Å²) in [6.45, 7) is 0.660. The molecule has 0 spiro atoms. The Kier molecular flexibility index (Phi) is 4.20. The van der Waals surface area contributed by atoms with Gasteiger partial charge in [0.25, 0.3) is 0 Å². The van der Waals surface area contributed by atoms with Gasteiger partial charge in [0.15, 0.2) is 0 Å². The zero-order chi connectivity index (χ0) is 11.3. The fourth-order valence-corrected chi connectivity index (χ4v) is 1.36. The monoisotopic (exact) mass is 209 g/mol. The van der Waals surface area contributed by atoms with Gasteiger partial charge in [-0.1, -0.05) is 0 Å². The van der Waals surface area contributed by atoms with Crippen LogP contribution in [0.25, 0.3) is 0 Å². The van der Waals surface area contributed by atoms with Crippen LogP contribution >= 0.6 is 0 Å². The number of hydrogen-bond donors (Lipinski definition) is 2. The van der Waals surface area contributed by atoms with Crippen molar-refractivity contribution in [2.24, 2.45) is 5.73 Å². The van der Waals surface area contributed by atoms with Gasteiger partial charge < -0.3 is 10.8 Å². The van der Waals surface area contributed by atoms with E-state index < -0.39 is 12.0 Å². The molecule has 0 bridgehead atoms. The van der Waals surface area contributed by atoms with E-state index >= 15 is 0 Å². The topological polar surface area (TPSA) is 79.5 Å². The van der Waals surface area contributed by atoms with Crippen LogP contribution in [0, 0.1) is 0 Å². The molecule has 0 aliphatic rings. The number of carboxylic acids is 1. The van der Waals surface area contributed by atoms with Crippen LogP contribution in [0.4, 0.5) is 0 Å². The molecule has 0 saturated heterocycles. The Bertz CT molecular complexity index is 316. The molecular weight excluding hydrogens is 194 g/mol. The molecule has 5 nitrogen and oxygen atoms in total. The molecule has 82 valence electrons. The lowest BCUT2D eigenvalue weighted by Crippen LogP contribution is -2.43. The first-order chi connectivity index (χ1) is 7.15. The summed E-state index contributed by atoms with van der Waals surface area (Å²) in [6.07, 6.45) is 3.36. The molecule has 15 heavy (non-hydrogen) atoms. The van der Waals surface area contributed by atoms with Crippen molar-refractivity contribution in [2.45, 2.75) is 12.6 Å². The number of pyridine rings is 1. The Morgan fingerprint density at radius 3 is 2.67 bits per heavy atom. The van der Waals surface area contributed by atoms with Crippen molar-refractivity contribution in [2.75, 3.05) is 13.6 Å². The molecule has 0 aliphatic carbocycles. The van der Waals surface area contributed by atoms with Gasteiger partial charge in [-0.15, -0.1) is 0 Å². The van der Waals surface area contributed by atoms with Crippen LogP contribution in [-0.4, -0.2) is 40.6 Å². The molecule has 1 heterocycles. The van der Waals surface area contributed by atoms with Gasteiger partial charge in [0, 0.05) is 25.5 Å². The SMILES string of the molecule is CN(Cc1ccncc1)C(CN)C(=O)O. The average molecular weight is 209 g/mol. The third-order valence-corrected chi connectivity index (χ3v) is 2.22. The van der Waals surface area contributed by atoms with Gasteiger partial charge >= 0.3 is 5.97 Å². The standard InChI is InChI=1S/C10H15N3O2/c1-13(9(6-11)10(14)15)7-8-2-4-12-5-3-8/h2-5,9H,6-7,11H2,1H3,(H,14,15). The number of carbonyl (C=O) groups is 1. The van der Waals surface area contributed by atoms with Crippen molar-refractivity contribution < 1.29 is 9.90 Å². The lowest BCUT2D eigenvalue weighted by molar-refractivity contribution is -0.142. The quantitative estimate of drug-likeness (QED) is 0.709.